The molecule has 1 N–H and O–H groups in total. The minimum atomic E-state index is -3.39. The van der Waals surface area contributed by atoms with Gasteiger partial charge in [0, 0.05) is 48.4 Å². The molecule has 29 heavy (non-hydrogen) atoms. The summed E-state index contributed by atoms with van der Waals surface area (Å²) in [6.07, 6.45) is 6.56. The number of sulfone groups is 1. The average molecular weight is 411 g/mol. The number of aromatic nitrogens is 4. The highest BCUT2D eigenvalue weighted by Crippen LogP contribution is 2.32. The van der Waals surface area contributed by atoms with Gasteiger partial charge in [0.1, 0.15) is 17.3 Å². The van der Waals surface area contributed by atoms with Crippen molar-refractivity contribution in [2.24, 2.45) is 0 Å². The van der Waals surface area contributed by atoms with Gasteiger partial charge in [-0.2, -0.15) is 0 Å². The second-order valence-corrected chi connectivity index (χ2v) is 9.35. The first-order valence-corrected chi connectivity index (χ1v) is 11.3. The Morgan fingerprint density at radius 2 is 2.14 bits per heavy atom. The van der Waals surface area contributed by atoms with E-state index >= 15 is 0 Å². The molecule has 5 heterocycles. The van der Waals surface area contributed by atoms with E-state index in [2.05, 4.69) is 21.8 Å². The first-order valence-electron chi connectivity index (χ1n) is 9.42. The van der Waals surface area contributed by atoms with Gasteiger partial charge in [-0.1, -0.05) is 0 Å². The lowest BCUT2D eigenvalue weighted by Crippen LogP contribution is -2.44. The largest absolute Gasteiger partial charge is 0.377 e. The van der Waals surface area contributed by atoms with Crippen molar-refractivity contribution in [3.05, 3.63) is 42.9 Å². The molecule has 5 rings (SSSR count). The van der Waals surface area contributed by atoms with Gasteiger partial charge in [-0.15, -0.1) is 0 Å². The molecule has 1 fully saturated rings. The maximum absolute atomic E-state index is 12.4. The number of hydrogen-bond donors (Lipinski definition) is 1. The maximum Gasteiger partial charge on any atom is 0.177 e. The minimum absolute atomic E-state index is 0.146. The summed E-state index contributed by atoms with van der Waals surface area (Å²) < 4.78 is 32.2. The van der Waals surface area contributed by atoms with Crippen LogP contribution in [-0.4, -0.2) is 59.8 Å². The molecule has 1 aliphatic heterocycles. The highest BCUT2D eigenvalue weighted by atomic mass is 32.2. The van der Waals surface area contributed by atoms with Crippen LogP contribution in [0.1, 0.15) is 6.92 Å². The summed E-state index contributed by atoms with van der Waals surface area (Å²) in [4.78, 5) is 14.9. The zero-order valence-electron chi connectivity index (χ0n) is 16.2. The van der Waals surface area contributed by atoms with Crippen LogP contribution in [-0.2, 0) is 14.6 Å². The Morgan fingerprint density at radius 1 is 1.28 bits per heavy atom. The van der Waals surface area contributed by atoms with E-state index in [-0.39, 0.29) is 6.04 Å². The summed E-state index contributed by atoms with van der Waals surface area (Å²) in [6.45, 7) is 4.01. The second kappa shape index (κ2) is 6.57. The molecule has 0 aromatic carbocycles. The van der Waals surface area contributed by atoms with Crippen LogP contribution >= 0.6 is 0 Å². The van der Waals surface area contributed by atoms with Gasteiger partial charge in [0.25, 0.3) is 0 Å². The number of fused-ring (bicyclic) bond motifs is 2. The van der Waals surface area contributed by atoms with E-state index < -0.39 is 9.84 Å². The number of H-pyrrole nitrogens is 1. The van der Waals surface area contributed by atoms with Crippen LogP contribution in [0.15, 0.2) is 47.8 Å². The number of hydrogen-bond acceptors (Lipinski definition) is 6. The average Bonchev–Trinajstić information content (AvgIpc) is 3.34. The smallest absolute Gasteiger partial charge is 0.177 e. The maximum atomic E-state index is 12.4. The molecule has 0 radical (unpaired) electrons. The topological polar surface area (TPSA) is 92.6 Å². The van der Waals surface area contributed by atoms with Crippen LogP contribution in [0.4, 0.5) is 5.82 Å². The molecule has 4 aromatic rings. The van der Waals surface area contributed by atoms with E-state index in [1.807, 2.05) is 28.8 Å². The van der Waals surface area contributed by atoms with Gasteiger partial charge in [-0.05, 0) is 25.1 Å². The van der Waals surface area contributed by atoms with Gasteiger partial charge in [-0.3, -0.25) is 4.40 Å². The van der Waals surface area contributed by atoms with E-state index in [4.69, 9.17) is 9.72 Å². The molecular formula is C20H21N5O3S. The number of nitrogens with zero attached hydrogens (tertiary/aromatic N) is 4. The molecule has 0 amide bonds. The number of rotatable bonds is 3. The first-order chi connectivity index (χ1) is 13.9. The van der Waals surface area contributed by atoms with Gasteiger partial charge in [-0.25, -0.2) is 18.4 Å². The van der Waals surface area contributed by atoms with Crippen LogP contribution in [0, 0.1) is 0 Å². The fraction of sp³-hybridized carbons (Fsp3) is 0.300. The van der Waals surface area contributed by atoms with Crippen molar-refractivity contribution in [1.82, 2.24) is 19.4 Å². The Balaban J connectivity index is 1.83. The number of aromatic amines is 1. The summed E-state index contributed by atoms with van der Waals surface area (Å²) in [6, 6.07) is 7.50. The number of ether oxygens (including phenoxy) is 1. The standard InChI is InChI=1S/C20H21N5O3S/c1-13-12-28-10-9-24(13)18-11-16-17(29(2,26)27)5-8-25(16)20(23-18)15-4-7-22-19-14(15)3-6-21-19/h3-8,11,13H,9-10,12H2,1-2H3,(H,21,22)/t13-/m1/s1. The number of pyridine rings is 1. The lowest BCUT2D eigenvalue weighted by molar-refractivity contribution is 0.0985. The van der Waals surface area contributed by atoms with Gasteiger partial charge in [0.15, 0.2) is 9.84 Å². The Hall–Kier alpha value is -2.91. The molecule has 1 atom stereocenters. The highest BCUT2D eigenvalue weighted by Gasteiger charge is 2.24. The zero-order chi connectivity index (χ0) is 20.2. The highest BCUT2D eigenvalue weighted by molar-refractivity contribution is 7.91. The Kier molecular flexibility index (Phi) is 4.11. The Bertz CT molecular complexity index is 1320. The molecule has 0 unspecified atom stereocenters. The van der Waals surface area contributed by atoms with Crippen molar-refractivity contribution in [3.63, 3.8) is 0 Å². The van der Waals surface area contributed by atoms with Gasteiger partial charge in [0.05, 0.1) is 29.7 Å². The first kappa shape index (κ1) is 18.1. The van der Waals surface area contributed by atoms with Crippen LogP contribution in [0.2, 0.25) is 0 Å². The van der Waals surface area contributed by atoms with E-state index in [0.717, 1.165) is 22.4 Å². The summed E-state index contributed by atoms with van der Waals surface area (Å²) >= 11 is 0. The predicted octanol–water partition coefficient (Wildman–Crippen LogP) is 2.51. The lowest BCUT2D eigenvalue weighted by Gasteiger charge is -2.34. The van der Waals surface area contributed by atoms with Crippen molar-refractivity contribution < 1.29 is 13.2 Å². The van der Waals surface area contributed by atoms with Crippen LogP contribution < -0.4 is 4.90 Å². The van der Waals surface area contributed by atoms with Crippen molar-refractivity contribution >= 4 is 32.2 Å². The van der Waals surface area contributed by atoms with E-state index in [0.29, 0.717) is 36.0 Å². The molecule has 0 bridgehead atoms. The van der Waals surface area contributed by atoms with Crippen molar-refractivity contribution in [2.75, 3.05) is 30.9 Å². The summed E-state index contributed by atoms with van der Waals surface area (Å²) in [7, 11) is -3.39. The molecule has 1 saturated heterocycles. The fourth-order valence-corrected chi connectivity index (χ4v) is 4.79. The minimum Gasteiger partial charge on any atom is -0.377 e. The third-order valence-corrected chi connectivity index (χ3v) is 6.51. The molecule has 0 saturated carbocycles. The van der Waals surface area contributed by atoms with E-state index in [1.54, 1.807) is 18.5 Å². The zero-order valence-corrected chi connectivity index (χ0v) is 17.0. The summed E-state index contributed by atoms with van der Waals surface area (Å²) in [5.74, 6) is 1.42. The normalized spacial score (nSPS) is 18.0. The fourth-order valence-electron chi connectivity index (χ4n) is 3.94. The number of anilines is 1. The van der Waals surface area contributed by atoms with Crippen molar-refractivity contribution in [2.45, 2.75) is 17.9 Å². The molecule has 0 spiro atoms. The number of nitrogens with one attached hydrogen (secondary N) is 1. The lowest BCUT2D eigenvalue weighted by atomic mass is 10.1. The third-order valence-electron chi connectivity index (χ3n) is 5.36. The molecular weight excluding hydrogens is 390 g/mol. The molecule has 150 valence electrons. The predicted molar refractivity (Wildman–Crippen MR) is 111 cm³/mol. The SMILES string of the molecule is C[C@@H]1COCCN1c1cc2c(S(C)(=O)=O)ccn2c(-c2ccnc3[nH]ccc23)n1. The molecule has 0 aliphatic carbocycles. The molecule has 8 nitrogen and oxygen atoms in total. The Morgan fingerprint density at radius 3 is 2.93 bits per heavy atom. The quantitative estimate of drug-likeness (QED) is 0.557. The van der Waals surface area contributed by atoms with Crippen LogP contribution in [0.25, 0.3) is 27.9 Å². The molecule has 4 aromatic heterocycles. The van der Waals surface area contributed by atoms with Crippen molar-refractivity contribution in [3.8, 4) is 11.4 Å². The molecule has 9 heteroatoms. The summed E-state index contributed by atoms with van der Waals surface area (Å²) in [5.41, 5.74) is 2.27. The van der Waals surface area contributed by atoms with Crippen LogP contribution in [0.5, 0.6) is 0 Å². The third kappa shape index (κ3) is 2.97. The van der Waals surface area contributed by atoms with Crippen LogP contribution in [0.3, 0.4) is 0 Å². The Labute approximate surface area is 168 Å². The monoisotopic (exact) mass is 411 g/mol. The second-order valence-electron chi connectivity index (χ2n) is 7.36. The van der Waals surface area contributed by atoms with Gasteiger partial charge >= 0.3 is 0 Å². The van der Waals surface area contributed by atoms with Gasteiger partial charge < -0.3 is 14.6 Å². The van der Waals surface area contributed by atoms with E-state index in [9.17, 15) is 8.42 Å². The number of morpholine rings is 1. The molecule has 1 aliphatic rings. The van der Waals surface area contributed by atoms with E-state index in [1.165, 1.54) is 6.26 Å². The van der Waals surface area contributed by atoms with Gasteiger partial charge in [0.2, 0.25) is 0 Å². The van der Waals surface area contributed by atoms with Crippen molar-refractivity contribution in [1.29, 1.82) is 0 Å². The summed E-state index contributed by atoms with van der Waals surface area (Å²) in [5, 5.41) is 0.933.